The van der Waals surface area contributed by atoms with Crippen LogP contribution in [0.2, 0.25) is 5.02 Å². The zero-order valence-corrected chi connectivity index (χ0v) is 19.7. The Kier molecular flexibility index (Phi) is 5.30. The highest BCUT2D eigenvalue weighted by atomic mass is 35.5. The molecule has 2 fully saturated rings. The minimum absolute atomic E-state index is 0.0278. The Balaban J connectivity index is 1.34. The third-order valence-corrected chi connectivity index (χ3v) is 7.72. The van der Waals surface area contributed by atoms with Crippen LogP contribution in [0.5, 0.6) is 0 Å². The summed E-state index contributed by atoms with van der Waals surface area (Å²) in [5.74, 6) is 0.719. The molecule has 1 aromatic heterocycles. The van der Waals surface area contributed by atoms with Crippen molar-refractivity contribution in [1.29, 1.82) is 0 Å². The average Bonchev–Trinajstić information content (AvgIpc) is 3.62. The van der Waals surface area contributed by atoms with Crippen molar-refractivity contribution >= 4 is 39.9 Å². The summed E-state index contributed by atoms with van der Waals surface area (Å²) in [6.45, 7) is 2.78. The van der Waals surface area contributed by atoms with Gasteiger partial charge in [-0.2, -0.15) is 0 Å². The predicted octanol–water partition coefficient (Wildman–Crippen LogP) is 3.90. The Hall–Kier alpha value is -2.96. The molecule has 3 aromatic rings. The summed E-state index contributed by atoms with van der Waals surface area (Å²) in [6.07, 6.45) is 6.68. The molecule has 7 heteroatoms. The van der Waals surface area contributed by atoms with E-state index in [0.717, 1.165) is 34.1 Å². The number of anilines is 1. The number of carbonyl (C=O) groups is 2. The van der Waals surface area contributed by atoms with E-state index in [1.807, 2.05) is 53.6 Å². The first-order valence-corrected chi connectivity index (χ1v) is 12.3. The third kappa shape index (κ3) is 3.75. The maximum atomic E-state index is 14.2. The Morgan fingerprint density at radius 3 is 2.88 bits per heavy atom. The Morgan fingerprint density at radius 2 is 2.03 bits per heavy atom. The fraction of sp³-hybridized carbons (Fsp3) is 0.370. The minimum atomic E-state index is -0.730. The van der Waals surface area contributed by atoms with Gasteiger partial charge in [0, 0.05) is 48.2 Å². The summed E-state index contributed by atoms with van der Waals surface area (Å²) in [5, 5.41) is 5.72. The zero-order chi connectivity index (χ0) is 23.3. The second-order valence-corrected chi connectivity index (χ2v) is 10.3. The lowest BCUT2D eigenvalue weighted by atomic mass is 9.73. The van der Waals surface area contributed by atoms with Crippen molar-refractivity contribution in [2.45, 2.75) is 31.2 Å². The first-order valence-electron chi connectivity index (χ1n) is 12.0. The van der Waals surface area contributed by atoms with Crippen molar-refractivity contribution in [2.75, 3.05) is 31.1 Å². The number of aromatic nitrogens is 1. The first-order chi connectivity index (χ1) is 16.5. The van der Waals surface area contributed by atoms with Crippen molar-refractivity contribution in [3.05, 3.63) is 71.0 Å². The number of hydrogen-bond donors (Lipinski definition) is 1. The molecule has 1 aliphatic carbocycles. The molecular formula is C27H27ClN4O2. The average molecular weight is 475 g/mol. The number of amides is 2. The van der Waals surface area contributed by atoms with E-state index in [1.165, 1.54) is 12.8 Å². The highest BCUT2D eigenvalue weighted by Crippen LogP contribution is 2.45. The lowest BCUT2D eigenvalue weighted by Gasteiger charge is -2.40. The normalized spacial score (nSPS) is 22.4. The molecule has 1 saturated heterocycles. The van der Waals surface area contributed by atoms with Crippen molar-refractivity contribution in [2.24, 2.45) is 5.92 Å². The van der Waals surface area contributed by atoms with Crippen LogP contribution in [-0.2, 0) is 21.5 Å². The van der Waals surface area contributed by atoms with Crippen molar-refractivity contribution in [3.63, 3.8) is 0 Å². The Labute approximate surface area is 203 Å². The zero-order valence-electron chi connectivity index (χ0n) is 19.0. The SMILES string of the molecule is O=C(CN1Cc2ccc(Cl)cc2C2(CCN(c3cncc4ccccc34)C2=O)C1)NCC1CC1. The quantitative estimate of drug-likeness (QED) is 0.609. The van der Waals surface area contributed by atoms with E-state index in [-0.39, 0.29) is 11.8 Å². The maximum absolute atomic E-state index is 14.2. The second kappa shape index (κ2) is 8.36. The molecule has 1 spiro atoms. The van der Waals surface area contributed by atoms with Gasteiger partial charge in [-0.1, -0.05) is 41.9 Å². The number of benzene rings is 2. The predicted molar refractivity (Wildman–Crippen MR) is 133 cm³/mol. The van der Waals surface area contributed by atoms with Crippen LogP contribution in [-0.4, -0.2) is 47.9 Å². The monoisotopic (exact) mass is 474 g/mol. The summed E-state index contributed by atoms with van der Waals surface area (Å²) in [4.78, 5) is 35.2. The highest BCUT2D eigenvalue weighted by molar-refractivity contribution is 6.30. The largest absolute Gasteiger partial charge is 0.355 e. The molecule has 3 aliphatic rings. The van der Waals surface area contributed by atoms with E-state index >= 15 is 0 Å². The number of pyridine rings is 1. The molecule has 1 N–H and O–H groups in total. The van der Waals surface area contributed by atoms with Gasteiger partial charge in [-0.05, 0) is 48.4 Å². The molecule has 2 amide bonds. The standard InChI is InChI=1S/C27H27ClN4O2/c28-21-8-7-20-15-31(16-25(33)30-12-18-5-6-18)17-27(23(20)11-21)9-10-32(26(27)34)24-14-29-13-19-3-1-2-4-22(19)24/h1-4,7-8,11,13-14,18H,5-6,9-10,12,15-17H2,(H,30,33). The number of nitrogens with zero attached hydrogens (tertiary/aromatic N) is 3. The summed E-state index contributed by atoms with van der Waals surface area (Å²) in [6, 6.07) is 13.8. The van der Waals surface area contributed by atoms with Gasteiger partial charge in [0.15, 0.2) is 0 Å². The fourth-order valence-corrected chi connectivity index (χ4v) is 5.73. The van der Waals surface area contributed by atoms with Crippen molar-refractivity contribution in [3.8, 4) is 0 Å². The summed E-state index contributed by atoms with van der Waals surface area (Å²) in [7, 11) is 0. The van der Waals surface area contributed by atoms with Crippen molar-refractivity contribution in [1.82, 2.24) is 15.2 Å². The smallest absolute Gasteiger partial charge is 0.239 e. The van der Waals surface area contributed by atoms with E-state index < -0.39 is 5.41 Å². The van der Waals surface area contributed by atoms with Crippen LogP contribution in [0.4, 0.5) is 5.69 Å². The van der Waals surface area contributed by atoms with Gasteiger partial charge >= 0.3 is 0 Å². The Bertz CT molecular complexity index is 1290. The van der Waals surface area contributed by atoms with Crippen LogP contribution >= 0.6 is 11.6 Å². The van der Waals surface area contributed by atoms with Crippen LogP contribution in [0, 0.1) is 5.92 Å². The molecule has 0 bridgehead atoms. The molecule has 2 aromatic carbocycles. The molecule has 1 atom stereocenters. The summed E-state index contributed by atoms with van der Waals surface area (Å²) < 4.78 is 0. The van der Waals surface area contributed by atoms with Gasteiger partial charge < -0.3 is 10.2 Å². The molecule has 2 aliphatic heterocycles. The molecule has 1 unspecified atom stereocenters. The van der Waals surface area contributed by atoms with E-state index in [2.05, 4.69) is 15.2 Å². The molecule has 1 saturated carbocycles. The van der Waals surface area contributed by atoms with Gasteiger partial charge in [-0.3, -0.25) is 19.5 Å². The number of halogens is 1. The van der Waals surface area contributed by atoms with Gasteiger partial charge in [0.25, 0.3) is 0 Å². The third-order valence-electron chi connectivity index (χ3n) is 7.48. The highest BCUT2D eigenvalue weighted by Gasteiger charge is 2.52. The summed E-state index contributed by atoms with van der Waals surface area (Å²) in [5.41, 5.74) is 2.17. The number of fused-ring (bicyclic) bond motifs is 3. The van der Waals surface area contributed by atoms with Gasteiger partial charge in [-0.25, -0.2) is 0 Å². The van der Waals surface area contributed by atoms with E-state index in [9.17, 15) is 9.59 Å². The molecule has 6 nitrogen and oxygen atoms in total. The first kappa shape index (κ1) is 21.6. The molecule has 174 valence electrons. The van der Waals surface area contributed by atoms with Crippen LogP contribution in [0.15, 0.2) is 54.9 Å². The van der Waals surface area contributed by atoms with Crippen LogP contribution < -0.4 is 10.2 Å². The number of hydrogen-bond acceptors (Lipinski definition) is 4. The lowest BCUT2D eigenvalue weighted by Crippen LogP contribution is -2.52. The fourth-order valence-electron chi connectivity index (χ4n) is 5.56. The molecular weight excluding hydrogens is 448 g/mol. The minimum Gasteiger partial charge on any atom is -0.355 e. The maximum Gasteiger partial charge on any atom is 0.239 e. The van der Waals surface area contributed by atoms with Gasteiger partial charge in [0.1, 0.15) is 0 Å². The van der Waals surface area contributed by atoms with Gasteiger partial charge in [0.05, 0.1) is 23.8 Å². The van der Waals surface area contributed by atoms with E-state index in [4.69, 9.17) is 11.6 Å². The molecule has 3 heterocycles. The summed E-state index contributed by atoms with van der Waals surface area (Å²) >= 11 is 6.40. The van der Waals surface area contributed by atoms with Gasteiger partial charge in [-0.15, -0.1) is 0 Å². The molecule has 6 rings (SSSR count). The topological polar surface area (TPSA) is 65.5 Å². The Morgan fingerprint density at radius 1 is 1.18 bits per heavy atom. The van der Waals surface area contributed by atoms with Crippen LogP contribution in [0.1, 0.15) is 30.4 Å². The number of rotatable bonds is 5. The van der Waals surface area contributed by atoms with E-state index in [1.54, 1.807) is 6.20 Å². The molecule has 0 radical (unpaired) electrons. The second-order valence-electron chi connectivity index (χ2n) is 9.86. The number of nitrogens with one attached hydrogen (secondary N) is 1. The molecule has 34 heavy (non-hydrogen) atoms. The van der Waals surface area contributed by atoms with Crippen LogP contribution in [0.25, 0.3) is 10.8 Å². The van der Waals surface area contributed by atoms with Gasteiger partial charge in [0.2, 0.25) is 11.8 Å². The van der Waals surface area contributed by atoms with E-state index in [0.29, 0.717) is 43.5 Å². The van der Waals surface area contributed by atoms with Crippen LogP contribution in [0.3, 0.4) is 0 Å². The van der Waals surface area contributed by atoms with Crippen molar-refractivity contribution < 1.29 is 9.59 Å². The lowest BCUT2D eigenvalue weighted by molar-refractivity contribution is -0.126. The number of carbonyl (C=O) groups excluding carboxylic acids is 2.